The lowest BCUT2D eigenvalue weighted by atomic mass is 9.96. The molecule has 1 aromatic rings. The smallest absolute Gasteiger partial charge is 0.0313 e. The van der Waals surface area contributed by atoms with Crippen molar-refractivity contribution in [2.45, 2.75) is 51.7 Å². The van der Waals surface area contributed by atoms with E-state index in [0.717, 1.165) is 6.54 Å². The van der Waals surface area contributed by atoms with Gasteiger partial charge >= 0.3 is 0 Å². The molecule has 2 rings (SSSR count). The van der Waals surface area contributed by atoms with Crippen LogP contribution in [0, 0.1) is 6.92 Å². The molecule has 0 radical (unpaired) electrons. The summed E-state index contributed by atoms with van der Waals surface area (Å²) in [5, 5.41) is 0. The Labute approximate surface area is 104 Å². The van der Waals surface area contributed by atoms with Gasteiger partial charge in [0.2, 0.25) is 0 Å². The maximum absolute atomic E-state index is 6.08. The fourth-order valence-electron chi connectivity index (χ4n) is 2.75. The summed E-state index contributed by atoms with van der Waals surface area (Å²) in [6.07, 6.45) is 7.72. The van der Waals surface area contributed by atoms with E-state index in [1.54, 1.807) is 0 Å². The number of hydrogen-bond acceptors (Lipinski definition) is 3. The lowest BCUT2D eigenvalue weighted by molar-refractivity contribution is 0.123. The monoisotopic (exact) mass is 233 g/mol. The van der Waals surface area contributed by atoms with Crippen LogP contribution in [0.3, 0.4) is 0 Å². The normalized spacial score (nSPS) is 23.6. The second-order valence-corrected chi connectivity index (χ2v) is 5.26. The summed E-state index contributed by atoms with van der Waals surface area (Å²) in [5.74, 6) is 0. The predicted molar refractivity (Wildman–Crippen MR) is 70.7 cm³/mol. The number of nitrogens with two attached hydrogens (primary N) is 1. The van der Waals surface area contributed by atoms with Crippen LogP contribution in [0.1, 0.15) is 37.3 Å². The zero-order chi connectivity index (χ0) is 12.3. The molecule has 3 nitrogen and oxygen atoms in total. The zero-order valence-electron chi connectivity index (χ0n) is 10.9. The summed E-state index contributed by atoms with van der Waals surface area (Å²) in [6, 6.07) is 3.01. The Morgan fingerprint density at radius 3 is 3.00 bits per heavy atom. The molecule has 0 bridgehead atoms. The number of aryl methyl sites for hydroxylation is 1. The summed E-state index contributed by atoms with van der Waals surface area (Å²) >= 11 is 0. The van der Waals surface area contributed by atoms with E-state index < -0.39 is 0 Å². The highest BCUT2D eigenvalue weighted by molar-refractivity contribution is 5.16. The molecule has 0 aliphatic carbocycles. The van der Waals surface area contributed by atoms with Crippen molar-refractivity contribution in [2.75, 3.05) is 6.54 Å². The Bertz CT molecular complexity index is 362. The number of likely N-dealkylation sites (tertiary alicyclic amines) is 1. The lowest BCUT2D eigenvalue weighted by Gasteiger charge is -2.38. The molecule has 0 saturated carbocycles. The van der Waals surface area contributed by atoms with Crippen LogP contribution in [0.4, 0.5) is 0 Å². The second-order valence-electron chi connectivity index (χ2n) is 5.26. The Kier molecular flexibility index (Phi) is 4.13. The van der Waals surface area contributed by atoms with Crippen LogP contribution < -0.4 is 5.73 Å². The van der Waals surface area contributed by atoms with Gasteiger partial charge < -0.3 is 5.73 Å². The van der Waals surface area contributed by atoms with Crippen molar-refractivity contribution >= 4 is 0 Å². The minimum atomic E-state index is 0.257. The molecule has 17 heavy (non-hydrogen) atoms. The van der Waals surface area contributed by atoms with Crippen molar-refractivity contribution in [2.24, 2.45) is 5.73 Å². The number of rotatable bonds is 3. The first kappa shape index (κ1) is 12.5. The van der Waals surface area contributed by atoms with Gasteiger partial charge in [-0.3, -0.25) is 9.88 Å². The Morgan fingerprint density at radius 2 is 2.29 bits per heavy atom. The molecule has 0 amide bonds. The molecule has 0 spiro atoms. The lowest BCUT2D eigenvalue weighted by Crippen LogP contribution is -2.48. The van der Waals surface area contributed by atoms with Gasteiger partial charge in [-0.15, -0.1) is 0 Å². The third kappa shape index (κ3) is 3.27. The molecule has 1 saturated heterocycles. The summed E-state index contributed by atoms with van der Waals surface area (Å²) < 4.78 is 0. The summed E-state index contributed by atoms with van der Waals surface area (Å²) in [7, 11) is 0. The van der Waals surface area contributed by atoms with Crippen molar-refractivity contribution in [1.29, 1.82) is 0 Å². The Morgan fingerprint density at radius 1 is 1.47 bits per heavy atom. The van der Waals surface area contributed by atoms with E-state index in [1.807, 2.05) is 12.4 Å². The first-order chi connectivity index (χ1) is 8.16. The van der Waals surface area contributed by atoms with Gasteiger partial charge in [-0.1, -0.05) is 12.5 Å². The molecular weight excluding hydrogens is 210 g/mol. The number of piperidine rings is 1. The average molecular weight is 233 g/mol. The maximum Gasteiger partial charge on any atom is 0.0313 e. The molecule has 1 aliphatic heterocycles. The number of pyridine rings is 1. The van der Waals surface area contributed by atoms with Gasteiger partial charge in [-0.25, -0.2) is 0 Å². The van der Waals surface area contributed by atoms with Gasteiger partial charge in [-0.2, -0.15) is 0 Å². The molecule has 2 heterocycles. The third-order valence-electron chi connectivity index (χ3n) is 3.59. The fourth-order valence-corrected chi connectivity index (χ4v) is 2.75. The van der Waals surface area contributed by atoms with Crippen LogP contribution in [0.2, 0.25) is 0 Å². The van der Waals surface area contributed by atoms with E-state index in [1.165, 1.54) is 36.9 Å². The molecular formula is C14H23N3. The summed E-state index contributed by atoms with van der Waals surface area (Å²) in [6.45, 7) is 6.37. The maximum atomic E-state index is 6.08. The van der Waals surface area contributed by atoms with E-state index in [9.17, 15) is 0 Å². The van der Waals surface area contributed by atoms with Gasteiger partial charge in [-0.05, 0) is 44.4 Å². The second kappa shape index (κ2) is 5.61. The van der Waals surface area contributed by atoms with Crippen molar-refractivity contribution in [3.8, 4) is 0 Å². The average Bonchev–Trinajstić information content (AvgIpc) is 2.29. The van der Waals surface area contributed by atoms with Gasteiger partial charge in [0, 0.05) is 31.0 Å². The predicted octanol–water partition coefficient (Wildman–Crippen LogP) is 2.09. The van der Waals surface area contributed by atoms with Crippen LogP contribution >= 0.6 is 0 Å². The van der Waals surface area contributed by atoms with E-state index in [0.29, 0.717) is 6.04 Å². The first-order valence-corrected chi connectivity index (χ1v) is 6.57. The van der Waals surface area contributed by atoms with Crippen molar-refractivity contribution in [3.05, 3.63) is 29.6 Å². The van der Waals surface area contributed by atoms with Gasteiger partial charge in [0.05, 0.1) is 0 Å². The fraction of sp³-hybridized carbons (Fsp3) is 0.643. The SMILES string of the molecule is Cc1cncc(CN2CCCCC2C(C)N)c1. The molecule has 2 atom stereocenters. The topological polar surface area (TPSA) is 42.2 Å². The van der Waals surface area contributed by atoms with E-state index in [-0.39, 0.29) is 6.04 Å². The van der Waals surface area contributed by atoms with Crippen LogP contribution in [0.25, 0.3) is 0 Å². The Balaban J connectivity index is 2.05. The van der Waals surface area contributed by atoms with Crippen LogP contribution in [0.5, 0.6) is 0 Å². The van der Waals surface area contributed by atoms with Crippen LogP contribution in [-0.4, -0.2) is 28.5 Å². The number of nitrogens with zero attached hydrogens (tertiary/aromatic N) is 2. The van der Waals surface area contributed by atoms with Gasteiger partial charge in [0.15, 0.2) is 0 Å². The Hall–Kier alpha value is -0.930. The summed E-state index contributed by atoms with van der Waals surface area (Å²) in [5.41, 5.74) is 8.62. The molecule has 3 heteroatoms. The zero-order valence-corrected chi connectivity index (χ0v) is 10.9. The summed E-state index contributed by atoms with van der Waals surface area (Å²) in [4.78, 5) is 6.78. The molecule has 2 N–H and O–H groups in total. The molecule has 0 aromatic carbocycles. The van der Waals surface area contributed by atoms with Gasteiger partial charge in [0.1, 0.15) is 0 Å². The van der Waals surface area contributed by atoms with Crippen LogP contribution in [-0.2, 0) is 6.54 Å². The first-order valence-electron chi connectivity index (χ1n) is 6.57. The minimum Gasteiger partial charge on any atom is -0.327 e. The number of aromatic nitrogens is 1. The van der Waals surface area contributed by atoms with Gasteiger partial charge in [0.25, 0.3) is 0 Å². The highest BCUT2D eigenvalue weighted by Crippen LogP contribution is 2.21. The molecule has 1 fully saturated rings. The quantitative estimate of drug-likeness (QED) is 0.869. The minimum absolute atomic E-state index is 0.257. The van der Waals surface area contributed by atoms with E-state index >= 15 is 0 Å². The van der Waals surface area contributed by atoms with E-state index in [2.05, 4.69) is 29.8 Å². The van der Waals surface area contributed by atoms with Crippen LogP contribution in [0.15, 0.2) is 18.5 Å². The molecule has 94 valence electrons. The highest BCUT2D eigenvalue weighted by atomic mass is 15.2. The molecule has 1 aromatic heterocycles. The molecule has 1 aliphatic rings. The largest absolute Gasteiger partial charge is 0.327 e. The van der Waals surface area contributed by atoms with Crippen molar-refractivity contribution < 1.29 is 0 Å². The molecule has 2 unspecified atom stereocenters. The number of hydrogen-bond donors (Lipinski definition) is 1. The van der Waals surface area contributed by atoms with Crippen molar-refractivity contribution in [1.82, 2.24) is 9.88 Å². The van der Waals surface area contributed by atoms with Crippen molar-refractivity contribution in [3.63, 3.8) is 0 Å². The third-order valence-corrected chi connectivity index (χ3v) is 3.59. The highest BCUT2D eigenvalue weighted by Gasteiger charge is 2.25. The van der Waals surface area contributed by atoms with E-state index in [4.69, 9.17) is 5.73 Å². The standard InChI is InChI=1S/C14H23N3/c1-11-7-13(9-16-8-11)10-17-6-4-3-5-14(17)12(2)15/h7-9,12,14H,3-6,10,15H2,1-2H3.